The molecule has 1 aliphatic carbocycles. The lowest BCUT2D eigenvalue weighted by Crippen LogP contribution is -2.49. The number of hydrogen-bond acceptors (Lipinski definition) is 2. The van der Waals surface area contributed by atoms with Gasteiger partial charge in [-0.15, -0.1) is 0 Å². The van der Waals surface area contributed by atoms with Crippen LogP contribution in [-0.4, -0.2) is 18.2 Å². The lowest BCUT2D eigenvalue weighted by Gasteiger charge is -2.35. The van der Waals surface area contributed by atoms with Gasteiger partial charge in [0.25, 0.3) is 0 Å². The molecule has 3 heteroatoms. The van der Waals surface area contributed by atoms with Crippen molar-refractivity contribution >= 4 is 11.6 Å². The van der Waals surface area contributed by atoms with Gasteiger partial charge in [0.2, 0.25) is 0 Å². The van der Waals surface area contributed by atoms with E-state index in [0.717, 1.165) is 30.9 Å². The molecule has 0 spiro atoms. The third-order valence-corrected chi connectivity index (χ3v) is 4.14. The summed E-state index contributed by atoms with van der Waals surface area (Å²) in [6, 6.07) is 8.01. The van der Waals surface area contributed by atoms with Gasteiger partial charge >= 0.3 is 0 Å². The van der Waals surface area contributed by atoms with Gasteiger partial charge in [-0.25, -0.2) is 0 Å². The van der Waals surface area contributed by atoms with E-state index in [2.05, 4.69) is 6.07 Å². The Bertz CT molecular complexity index is 388. The Morgan fingerprint density at radius 2 is 2.11 bits per heavy atom. The van der Waals surface area contributed by atoms with Crippen LogP contribution in [0, 0.1) is 0 Å². The van der Waals surface area contributed by atoms with E-state index < -0.39 is 0 Å². The predicted molar refractivity (Wildman–Crippen MR) is 76.0 cm³/mol. The van der Waals surface area contributed by atoms with Crippen LogP contribution in [0.3, 0.4) is 0 Å². The van der Waals surface area contributed by atoms with Crippen LogP contribution in [-0.2, 0) is 11.2 Å². The third-order valence-electron chi connectivity index (χ3n) is 3.90. The fourth-order valence-corrected chi connectivity index (χ4v) is 3.20. The summed E-state index contributed by atoms with van der Waals surface area (Å²) in [7, 11) is 0. The van der Waals surface area contributed by atoms with E-state index in [-0.39, 0.29) is 11.6 Å². The second-order valence-electron chi connectivity index (χ2n) is 5.15. The molecule has 18 heavy (non-hydrogen) atoms. The van der Waals surface area contributed by atoms with Crippen LogP contribution in [0.25, 0.3) is 0 Å². The summed E-state index contributed by atoms with van der Waals surface area (Å²) in [6.07, 6.45) is 5.46. The van der Waals surface area contributed by atoms with Gasteiger partial charge in [0.1, 0.15) is 0 Å². The van der Waals surface area contributed by atoms with Crippen molar-refractivity contribution < 1.29 is 4.74 Å². The smallest absolute Gasteiger partial charge is 0.0835 e. The quantitative estimate of drug-likeness (QED) is 0.885. The maximum absolute atomic E-state index is 6.41. The molecule has 0 amide bonds. The third kappa shape index (κ3) is 3.05. The molecule has 1 atom stereocenters. The van der Waals surface area contributed by atoms with Gasteiger partial charge < -0.3 is 10.5 Å². The first-order valence-corrected chi connectivity index (χ1v) is 7.18. The normalized spacial score (nSPS) is 19.9. The van der Waals surface area contributed by atoms with Crippen LogP contribution < -0.4 is 5.73 Å². The first-order valence-electron chi connectivity index (χ1n) is 6.80. The van der Waals surface area contributed by atoms with Gasteiger partial charge in [-0.2, -0.15) is 0 Å². The largest absolute Gasteiger partial charge is 0.374 e. The first kappa shape index (κ1) is 13.9. The Morgan fingerprint density at radius 1 is 1.39 bits per heavy atom. The fourth-order valence-electron chi connectivity index (χ4n) is 2.99. The van der Waals surface area contributed by atoms with Crippen LogP contribution in [0.5, 0.6) is 0 Å². The summed E-state index contributed by atoms with van der Waals surface area (Å²) in [6.45, 7) is 2.79. The molecule has 1 unspecified atom stereocenters. The molecule has 1 aliphatic rings. The van der Waals surface area contributed by atoms with E-state index in [1.54, 1.807) is 0 Å². The van der Waals surface area contributed by atoms with Crippen LogP contribution >= 0.6 is 11.6 Å². The monoisotopic (exact) mass is 267 g/mol. The second-order valence-corrected chi connectivity index (χ2v) is 5.58. The van der Waals surface area contributed by atoms with E-state index in [1.807, 2.05) is 25.1 Å². The van der Waals surface area contributed by atoms with Crippen LogP contribution in [0.2, 0.25) is 5.02 Å². The molecule has 2 N–H and O–H groups in total. The molecule has 1 aromatic rings. The Kier molecular flexibility index (Phi) is 4.66. The standard InChI is InChI=1S/C15H22ClNO/c1-2-18-15(8-3-4-9-15)14(17)11-12-6-5-7-13(16)10-12/h5-7,10,14H,2-4,8-9,11,17H2,1H3. The molecule has 2 rings (SSSR count). The fraction of sp³-hybridized carbons (Fsp3) is 0.600. The average molecular weight is 268 g/mol. The number of halogens is 1. The van der Waals surface area contributed by atoms with Crippen molar-refractivity contribution in [1.82, 2.24) is 0 Å². The minimum absolute atomic E-state index is 0.0541. The lowest BCUT2D eigenvalue weighted by atomic mass is 9.88. The molecule has 1 aromatic carbocycles. The zero-order chi connectivity index (χ0) is 13.0. The topological polar surface area (TPSA) is 35.2 Å². The van der Waals surface area contributed by atoms with E-state index >= 15 is 0 Å². The Morgan fingerprint density at radius 3 is 2.72 bits per heavy atom. The van der Waals surface area contributed by atoms with Crippen molar-refractivity contribution in [1.29, 1.82) is 0 Å². The number of nitrogens with two attached hydrogens (primary N) is 1. The minimum Gasteiger partial charge on any atom is -0.374 e. The van der Waals surface area contributed by atoms with E-state index in [9.17, 15) is 0 Å². The summed E-state index contributed by atoms with van der Waals surface area (Å²) in [5.74, 6) is 0. The number of ether oxygens (including phenoxy) is 1. The maximum Gasteiger partial charge on any atom is 0.0835 e. The highest BCUT2D eigenvalue weighted by Crippen LogP contribution is 2.36. The zero-order valence-corrected chi connectivity index (χ0v) is 11.7. The number of benzene rings is 1. The maximum atomic E-state index is 6.41. The Balaban J connectivity index is 2.07. The molecule has 1 saturated carbocycles. The highest BCUT2D eigenvalue weighted by Gasteiger charge is 2.40. The minimum atomic E-state index is -0.114. The molecular formula is C15H22ClNO. The average Bonchev–Trinajstić information content (AvgIpc) is 2.79. The molecule has 0 aliphatic heterocycles. The van der Waals surface area contributed by atoms with Crippen LogP contribution in [0.4, 0.5) is 0 Å². The summed E-state index contributed by atoms with van der Waals surface area (Å²) < 4.78 is 6.00. The highest BCUT2D eigenvalue weighted by molar-refractivity contribution is 6.30. The molecule has 1 fully saturated rings. The van der Waals surface area contributed by atoms with Gasteiger partial charge in [-0.05, 0) is 43.9 Å². The summed E-state index contributed by atoms with van der Waals surface area (Å²) >= 11 is 6.01. The van der Waals surface area contributed by atoms with Gasteiger partial charge in [0, 0.05) is 17.7 Å². The molecule has 0 radical (unpaired) electrons. The predicted octanol–water partition coefficient (Wildman–Crippen LogP) is 3.56. The summed E-state index contributed by atoms with van der Waals surface area (Å²) in [5, 5.41) is 0.775. The summed E-state index contributed by atoms with van der Waals surface area (Å²) in [5.41, 5.74) is 7.50. The van der Waals surface area contributed by atoms with E-state index in [4.69, 9.17) is 22.1 Å². The van der Waals surface area contributed by atoms with Gasteiger partial charge in [-0.1, -0.05) is 36.6 Å². The molecule has 0 aromatic heterocycles. The zero-order valence-electron chi connectivity index (χ0n) is 11.0. The van der Waals surface area contributed by atoms with Gasteiger partial charge in [0.15, 0.2) is 0 Å². The Labute approximate surface area is 114 Å². The second kappa shape index (κ2) is 6.05. The van der Waals surface area contributed by atoms with Gasteiger partial charge in [-0.3, -0.25) is 0 Å². The van der Waals surface area contributed by atoms with Crippen LogP contribution in [0.15, 0.2) is 24.3 Å². The highest BCUT2D eigenvalue weighted by atomic mass is 35.5. The SMILES string of the molecule is CCOC1(C(N)Cc2cccc(Cl)c2)CCCC1. The number of hydrogen-bond donors (Lipinski definition) is 1. The van der Waals surface area contributed by atoms with E-state index in [1.165, 1.54) is 18.4 Å². The number of rotatable bonds is 5. The van der Waals surface area contributed by atoms with Crippen molar-refractivity contribution in [3.8, 4) is 0 Å². The molecule has 2 nitrogen and oxygen atoms in total. The van der Waals surface area contributed by atoms with Crippen molar-refractivity contribution in [2.24, 2.45) is 5.73 Å². The molecule has 0 heterocycles. The molecule has 0 saturated heterocycles. The first-order chi connectivity index (χ1) is 8.66. The van der Waals surface area contributed by atoms with Gasteiger partial charge in [0.05, 0.1) is 5.60 Å². The van der Waals surface area contributed by atoms with E-state index in [0.29, 0.717) is 0 Å². The van der Waals surface area contributed by atoms with Crippen LogP contribution in [0.1, 0.15) is 38.2 Å². The van der Waals surface area contributed by atoms with Crippen molar-refractivity contribution in [3.63, 3.8) is 0 Å². The van der Waals surface area contributed by atoms with Crippen molar-refractivity contribution in [2.75, 3.05) is 6.61 Å². The molecular weight excluding hydrogens is 246 g/mol. The summed E-state index contributed by atoms with van der Waals surface area (Å²) in [4.78, 5) is 0. The van der Waals surface area contributed by atoms with Crippen molar-refractivity contribution in [3.05, 3.63) is 34.9 Å². The Hall–Kier alpha value is -0.570. The lowest BCUT2D eigenvalue weighted by molar-refractivity contribution is -0.0524. The molecule has 0 bridgehead atoms. The molecule has 100 valence electrons. The van der Waals surface area contributed by atoms with Crippen molar-refractivity contribution in [2.45, 2.75) is 50.7 Å².